The highest BCUT2D eigenvalue weighted by Crippen LogP contribution is 2.21. The molecule has 3 heteroatoms. The van der Waals surface area contributed by atoms with E-state index in [4.69, 9.17) is 9.47 Å². The second-order valence-electron chi connectivity index (χ2n) is 6.52. The quantitative estimate of drug-likeness (QED) is 0.235. The molecule has 0 unspecified atom stereocenters. The fourth-order valence-electron chi connectivity index (χ4n) is 2.96. The normalized spacial score (nSPS) is 13.2. The molecule has 0 amide bonds. The Morgan fingerprint density at radius 1 is 1.08 bits per heavy atom. The topological polar surface area (TPSA) is 35.5 Å². The van der Waals surface area contributed by atoms with E-state index in [1.54, 1.807) is 0 Å². The van der Waals surface area contributed by atoms with Gasteiger partial charge in [-0.25, -0.2) is 4.79 Å². The molecule has 0 saturated carbocycles. The van der Waals surface area contributed by atoms with E-state index in [1.165, 1.54) is 45.6 Å². The molecule has 1 aromatic carbocycles. The maximum atomic E-state index is 12.5. The van der Waals surface area contributed by atoms with Crippen LogP contribution in [-0.2, 0) is 14.3 Å². The minimum absolute atomic E-state index is 0.109. The number of benzene rings is 1. The molecule has 0 aliphatic carbocycles. The number of hydrogen-bond acceptors (Lipinski definition) is 3. The van der Waals surface area contributed by atoms with Gasteiger partial charge in [-0.3, -0.25) is 0 Å². The maximum Gasteiger partial charge on any atom is 0.340 e. The first-order valence-electron chi connectivity index (χ1n) is 9.62. The molecule has 0 saturated heterocycles. The van der Waals surface area contributed by atoms with Crippen molar-refractivity contribution < 1.29 is 14.3 Å². The fourth-order valence-corrected chi connectivity index (χ4v) is 2.96. The molecule has 25 heavy (non-hydrogen) atoms. The molecule has 0 radical (unpaired) electrons. The highest BCUT2D eigenvalue weighted by molar-refractivity contribution is 5.76. The Labute approximate surface area is 153 Å². The Balaban J connectivity index is 2.42. The Morgan fingerprint density at radius 3 is 2.32 bits per heavy atom. The van der Waals surface area contributed by atoms with E-state index in [9.17, 15) is 4.79 Å². The van der Waals surface area contributed by atoms with Gasteiger partial charge < -0.3 is 9.47 Å². The molecule has 0 bridgehead atoms. The molecule has 0 fully saturated rings. The molecule has 0 aliphatic rings. The highest BCUT2D eigenvalue weighted by atomic mass is 16.6. The smallest absolute Gasteiger partial charge is 0.340 e. The first kappa shape index (κ1) is 21.4. The number of hydrogen-bond donors (Lipinski definition) is 0. The van der Waals surface area contributed by atoms with Crippen molar-refractivity contribution in [3.63, 3.8) is 0 Å². The van der Waals surface area contributed by atoms with Crippen LogP contribution in [0.15, 0.2) is 43.0 Å². The van der Waals surface area contributed by atoms with Gasteiger partial charge in [0.1, 0.15) is 6.10 Å². The molecule has 0 aliphatic heterocycles. The van der Waals surface area contributed by atoms with E-state index in [0.717, 1.165) is 18.4 Å². The highest BCUT2D eigenvalue weighted by Gasteiger charge is 2.24. The van der Waals surface area contributed by atoms with Gasteiger partial charge in [-0.1, -0.05) is 81.9 Å². The molecule has 140 valence electrons. The van der Waals surface area contributed by atoms with E-state index in [1.807, 2.05) is 36.4 Å². The monoisotopic (exact) mass is 346 g/mol. The SMILES string of the molecule is C=CC[C@@H](CCCCCCCCC)OC(=O)[C@H](OC)c1ccccc1. The standard InChI is InChI=1S/C22H34O3/c1-4-6-7-8-9-10-14-18-20(15-5-2)25-22(23)21(24-3)19-16-12-11-13-17-19/h5,11-13,16-17,20-21H,2,4,6-10,14-15,18H2,1,3H3/t20-,21+/m0/s1. The average molecular weight is 347 g/mol. The molecule has 0 N–H and O–H groups in total. The number of methoxy groups -OCH3 is 1. The lowest BCUT2D eigenvalue weighted by Crippen LogP contribution is -2.24. The molecule has 0 spiro atoms. The zero-order chi connectivity index (χ0) is 18.3. The lowest BCUT2D eigenvalue weighted by Gasteiger charge is -2.20. The summed E-state index contributed by atoms with van der Waals surface area (Å²) in [6.07, 6.45) is 11.4. The van der Waals surface area contributed by atoms with Crippen molar-refractivity contribution in [1.82, 2.24) is 0 Å². The van der Waals surface area contributed by atoms with Gasteiger partial charge in [-0.2, -0.15) is 0 Å². The van der Waals surface area contributed by atoms with Crippen molar-refractivity contribution in [3.05, 3.63) is 48.6 Å². The minimum Gasteiger partial charge on any atom is -0.460 e. The summed E-state index contributed by atoms with van der Waals surface area (Å²) < 4.78 is 11.1. The van der Waals surface area contributed by atoms with Gasteiger partial charge in [0.05, 0.1) is 0 Å². The zero-order valence-electron chi connectivity index (χ0n) is 15.9. The van der Waals surface area contributed by atoms with Crippen LogP contribution in [0.2, 0.25) is 0 Å². The zero-order valence-corrected chi connectivity index (χ0v) is 15.9. The van der Waals surface area contributed by atoms with E-state index < -0.39 is 6.10 Å². The Bertz CT molecular complexity index is 469. The lowest BCUT2D eigenvalue weighted by molar-refractivity contribution is -0.161. The molecule has 2 atom stereocenters. The van der Waals surface area contributed by atoms with Crippen LogP contribution in [0.25, 0.3) is 0 Å². The summed E-state index contributed by atoms with van der Waals surface area (Å²) in [5.41, 5.74) is 0.822. The molecule has 0 aromatic heterocycles. The van der Waals surface area contributed by atoms with E-state index in [-0.39, 0.29) is 12.1 Å². The molecular weight excluding hydrogens is 312 g/mol. The average Bonchev–Trinajstić information content (AvgIpc) is 2.62. The van der Waals surface area contributed by atoms with Crippen molar-refractivity contribution in [1.29, 1.82) is 0 Å². The number of carbonyl (C=O) groups excluding carboxylic acids is 1. The maximum absolute atomic E-state index is 12.5. The van der Waals surface area contributed by atoms with Gasteiger partial charge in [-0.05, 0) is 18.4 Å². The van der Waals surface area contributed by atoms with Crippen LogP contribution in [0.4, 0.5) is 0 Å². The van der Waals surface area contributed by atoms with Crippen LogP contribution >= 0.6 is 0 Å². The van der Waals surface area contributed by atoms with Crippen molar-refractivity contribution in [3.8, 4) is 0 Å². The van der Waals surface area contributed by atoms with E-state index in [2.05, 4.69) is 13.5 Å². The van der Waals surface area contributed by atoms with E-state index >= 15 is 0 Å². The number of carbonyl (C=O) groups is 1. The number of rotatable bonds is 14. The molecule has 0 heterocycles. The van der Waals surface area contributed by atoms with Gasteiger partial charge >= 0.3 is 5.97 Å². The molecular formula is C22H34O3. The van der Waals surface area contributed by atoms with Crippen LogP contribution in [0.3, 0.4) is 0 Å². The Morgan fingerprint density at radius 2 is 1.72 bits per heavy atom. The van der Waals surface area contributed by atoms with Gasteiger partial charge in [0.2, 0.25) is 0 Å². The predicted molar refractivity (Wildman–Crippen MR) is 103 cm³/mol. The lowest BCUT2D eigenvalue weighted by atomic mass is 10.0. The van der Waals surface area contributed by atoms with Gasteiger partial charge in [0.25, 0.3) is 0 Å². The summed E-state index contributed by atoms with van der Waals surface area (Å²) in [6, 6.07) is 9.48. The summed E-state index contributed by atoms with van der Waals surface area (Å²) in [5, 5.41) is 0. The summed E-state index contributed by atoms with van der Waals surface area (Å²) in [4.78, 5) is 12.5. The third kappa shape index (κ3) is 8.87. The molecule has 1 aromatic rings. The number of esters is 1. The predicted octanol–water partition coefficient (Wildman–Crippen LogP) is 6.00. The Hall–Kier alpha value is -1.61. The number of ether oxygens (including phenoxy) is 2. The second-order valence-corrected chi connectivity index (χ2v) is 6.52. The number of unbranched alkanes of at least 4 members (excludes halogenated alkanes) is 6. The van der Waals surface area contributed by atoms with Crippen molar-refractivity contribution in [2.24, 2.45) is 0 Å². The van der Waals surface area contributed by atoms with Crippen LogP contribution < -0.4 is 0 Å². The van der Waals surface area contributed by atoms with Gasteiger partial charge in [0.15, 0.2) is 6.10 Å². The van der Waals surface area contributed by atoms with Crippen molar-refractivity contribution in [2.75, 3.05) is 7.11 Å². The van der Waals surface area contributed by atoms with Gasteiger partial charge in [-0.15, -0.1) is 6.58 Å². The molecule has 3 nitrogen and oxygen atoms in total. The second kappa shape index (κ2) is 13.7. The first-order chi connectivity index (χ1) is 12.2. The summed E-state index contributed by atoms with van der Waals surface area (Å²) in [6.45, 7) is 6.02. The minimum atomic E-state index is -0.664. The van der Waals surface area contributed by atoms with Crippen molar-refractivity contribution >= 4 is 5.97 Å². The van der Waals surface area contributed by atoms with Gasteiger partial charge in [0, 0.05) is 13.5 Å². The third-order valence-corrected chi connectivity index (χ3v) is 4.39. The third-order valence-electron chi connectivity index (χ3n) is 4.39. The van der Waals surface area contributed by atoms with Crippen LogP contribution in [0, 0.1) is 0 Å². The largest absolute Gasteiger partial charge is 0.460 e. The van der Waals surface area contributed by atoms with Crippen LogP contribution in [0.5, 0.6) is 0 Å². The summed E-state index contributed by atoms with van der Waals surface area (Å²) >= 11 is 0. The Kier molecular flexibility index (Phi) is 11.7. The fraction of sp³-hybridized carbons (Fsp3) is 0.591. The summed E-state index contributed by atoms with van der Waals surface area (Å²) in [5.74, 6) is -0.316. The van der Waals surface area contributed by atoms with Crippen LogP contribution in [-0.4, -0.2) is 19.2 Å². The van der Waals surface area contributed by atoms with Crippen molar-refractivity contribution in [2.45, 2.75) is 76.9 Å². The van der Waals surface area contributed by atoms with Crippen LogP contribution in [0.1, 0.15) is 76.4 Å². The summed E-state index contributed by atoms with van der Waals surface area (Å²) in [7, 11) is 1.54. The van der Waals surface area contributed by atoms with E-state index in [0.29, 0.717) is 6.42 Å². The molecule has 1 rings (SSSR count). The first-order valence-corrected chi connectivity index (χ1v) is 9.62.